The summed E-state index contributed by atoms with van der Waals surface area (Å²) in [5.41, 5.74) is 2.19. The van der Waals surface area contributed by atoms with E-state index in [1.807, 2.05) is 31.2 Å². The van der Waals surface area contributed by atoms with Crippen LogP contribution < -0.4 is 5.56 Å². The van der Waals surface area contributed by atoms with Gasteiger partial charge in [0.15, 0.2) is 5.16 Å². The second-order valence-corrected chi connectivity index (χ2v) is 7.40. The molecule has 0 fully saturated rings. The largest absolute Gasteiger partial charge is 0.269 e. The molecule has 0 radical (unpaired) electrons. The molecule has 0 aliphatic carbocycles. The van der Waals surface area contributed by atoms with Gasteiger partial charge in [0.25, 0.3) is 11.2 Å². The van der Waals surface area contributed by atoms with E-state index in [0.717, 1.165) is 11.1 Å². The van der Waals surface area contributed by atoms with Crippen LogP contribution in [0.25, 0.3) is 16.7 Å². The maximum Gasteiger partial charge on any atom is 0.269 e. The zero-order valence-electron chi connectivity index (χ0n) is 15.5. The Morgan fingerprint density at radius 1 is 1.10 bits per heavy atom. The highest BCUT2D eigenvalue weighted by molar-refractivity contribution is 7.98. The number of hydrogen-bond donors (Lipinski definition) is 0. The monoisotopic (exact) mass is 404 g/mol. The Bertz CT molecular complexity index is 1290. The van der Waals surface area contributed by atoms with Crippen LogP contribution in [0.15, 0.2) is 76.8 Å². The van der Waals surface area contributed by atoms with Gasteiger partial charge in [-0.05, 0) is 42.3 Å². The van der Waals surface area contributed by atoms with E-state index in [0.29, 0.717) is 27.6 Å². The molecule has 0 amide bonds. The lowest BCUT2D eigenvalue weighted by atomic mass is 10.2. The molecule has 0 atom stereocenters. The molecular weight excluding hydrogens is 388 g/mol. The van der Waals surface area contributed by atoms with Gasteiger partial charge in [-0.25, -0.2) is 14.5 Å². The molecule has 4 rings (SSSR count). The molecule has 0 N–H and O–H groups in total. The van der Waals surface area contributed by atoms with Crippen LogP contribution in [0.5, 0.6) is 0 Å². The Morgan fingerprint density at radius 3 is 2.72 bits per heavy atom. The van der Waals surface area contributed by atoms with Gasteiger partial charge in [-0.1, -0.05) is 36.0 Å². The number of para-hydroxylation sites is 1. The first-order valence-corrected chi connectivity index (χ1v) is 9.82. The van der Waals surface area contributed by atoms with Gasteiger partial charge < -0.3 is 0 Å². The molecule has 0 saturated heterocycles. The lowest BCUT2D eigenvalue weighted by Crippen LogP contribution is -2.22. The van der Waals surface area contributed by atoms with Crippen molar-refractivity contribution >= 4 is 28.4 Å². The van der Waals surface area contributed by atoms with Crippen LogP contribution in [0.1, 0.15) is 11.1 Å². The smallest absolute Gasteiger partial charge is 0.268 e. The predicted molar refractivity (Wildman–Crippen MR) is 113 cm³/mol. The van der Waals surface area contributed by atoms with Crippen molar-refractivity contribution in [1.82, 2.24) is 14.5 Å². The van der Waals surface area contributed by atoms with Crippen LogP contribution in [0.3, 0.4) is 0 Å². The SMILES string of the molecule is Cc1ccnc(-n2c(SCc3cccc([N+](=O)[O-])c3)nc3ccccc3c2=O)c1. The standard InChI is InChI=1S/C21H16N4O3S/c1-14-9-10-22-19(11-14)24-20(26)17-7-2-3-8-18(17)23-21(24)29-13-15-5-4-6-16(12-15)25(27)28/h2-12H,13H2,1H3. The van der Waals surface area contributed by atoms with E-state index in [1.54, 1.807) is 30.5 Å². The lowest BCUT2D eigenvalue weighted by Gasteiger charge is -2.13. The number of aromatic nitrogens is 3. The molecule has 8 heteroatoms. The zero-order chi connectivity index (χ0) is 20.4. The molecule has 2 heterocycles. The summed E-state index contributed by atoms with van der Waals surface area (Å²) >= 11 is 1.34. The van der Waals surface area contributed by atoms with Gasteiger partial charge in [0.1, 0.15) is 5.82 Å². The summed E-state index contributed by atoms with van der Waals surface area (Å²) < 4.78 is 1.50. The van der Waals surface area contributed by atoms with Crippen LogP contribution in [0.2, 0.25) is 0 Å². The molecule has 0 saturated carbocycles. The van der Waals surface area contributed by atoms with Crippen molar-refractivity contribution in [3.05, 3.63) is 98.5 Å². The van der Waals surface area contributed by atoms with Crippen molar-refractivity contribution in [2.45, 2.75) is 17.8 Å². The van der Waals surface area contributed by atoms with Gasteiger partial charge in [-0.15, -0.1) is 0 Å². The van der Waals surface area contributed by atoms with Gasteiger partial charge in [0.2, 0.25) is 0 Å². The maximum atomic E-state index is 13.2. The summed E-state index contributed by atoms with van der Waals surface area (Å²) in [6.45, 7) is 1.93. The minimum atomic E-state index is -0.422. The van der Waals surface area contributed by atoms with Crippen LogP contribution in [0.4, 0.5) is 5.69 Å². The van der Waals surface area contributed by atoms with E-state index in [9.17, 15) is 14.9 Å². The third kappa shape index (κ3) is 3.88. The number of fused-ring (bicyclic) bond motifs is 1. The third-order valence-electron chi connectivity index (χ3n) is 4.36. The number of thioether (sulfide) groups is 1. The van der Waals surface area contributed by atoms with Crippen molar-refractivity contribution < 1.29 is 4.92 Å². The summed E-state index contributed by atoms with van der Waals surface area (Å²) in [7, 11) is 0. The van der Waals surface area contributed by atoms with Crippen molar-refractivity contribution in [1.29, 1.82) is 0 Å². The quantitative estimate of drug-likeness (QED) is 0.213. The molecule has 7 nitrogen and oxygen atoms in total. The summed E-state index contributed by atoms with van der Waals surface area (Å²) in [4.78, 5) is 32.8. The molecule has 2 aromatic carbocycles. The molecule has 0 bridgehead atoms. The molecule has 0 aliphatic rings. The molecule has 4 aromatic rings. The van der Waals surface area contributed by atoms with E-state index in [1.165, 1.54) is 28.5 Å². The minimum Gasteiger partial charge on any atom is -0.268 e. The number of rotatable bonds is 5. The first kappa shape index (κ1) is 18.8. The molecular formula is C21H16N4O3S. The van der Waals surface area contributed by atoms with Gasteiger partial charge in [-0.3, -0.25) is 14.9 Å². The number of non-ortho nitro benzene ring substituents is 1. The van der Waals surface area contributed by atoms with Gasteiger partial charge >= 0.3 is 0 Å². The Hall–Kier alpha value is -3.52. The van der Waals surface area contributed by atoms with Crippen molar-refractivity contribution in [2.24, 2.45) is 0 Å². The average molecular weight is 404 g/mol. The highest BCUT2D eigenvalue weighted by Crippen LogP contribution is 2.25. The van der Waals surface area contributed by atoms with E-state index in [-0.39, 0.29) is 11.2 Å². The molecule has 29 heavy (non-hydrogen) atoms. The van der Waals surface area contributed by atoms with Crippen LogP contribution in [0, 0.1) is 17.0 Å². The van der Waals surface area contributed by atoms with E-state index in [4.69, 9.17) is 0 Å². The fourth-order valence-corrected chi connectivity index (χ4v) is 3.91. The minimum absolute atomic E-state index is 0.0345. The van der Waals surface area contributed by atoms with Gasteiger partial charge in [0, 0.05) is 24.1 Å². The Labute approximate surface area is 170 Å². The Balaban J connectivity index is 1.80. The fourth-order valence-electron chi connectivity index (χ4n) is 2.96. The number of nitrogens with zero attached hydrogens (tertiary/aromatic N) is 4. The lowest BCUT2D eigenvalue weighted by molar-refractivity contribution is -0.384. The summed E-state index contributed by atoms with van der Waals surface area (Å²) in [5, 5.41) is 12.0. The fraction of sp³-hybridized carbons (Fsp3) is 0.0952. The second kappa shape index (κ2) is 7.84. The molecule has 2 aromatic heterocycles. The normalized spacial score (nSPS) is 10.9. The average Bonchev–Trinajstić information content (AvgIpc) is 2.72. The number of hydrogen-bond acceptors (Lipinski definition) is 6. The molecule has 144 valence electrons. The number of benzene rings is 2. The molecule has 0 unspecified atom stereocenters. The number of nitro groups is 1. The second-order valence-electron chi connectivity index (χ2n) is 6.46. The van der Waals surface area contributed by atoms with Crippen LogP contribution >= 0.6 is 11.8 Å². The van der Waals surface area contributed by atoms with E-state index >= 15 is 0 Å². The first-order chi connectivity index (χ1) is 14.0. The predicted octanol–water partition coefficient (Wildman–Crippen LogP) is 4.29. The summed E-state index contributed by atoms with van der Waals surface area (Å²) in [5.74, 6) is 0.924. The highest BCUT2D eigenvalue weighted by atomic mass is 32.2. The summed E-state index contributed by atoms with van der Waals surface area (Å²) in [6, 6.07) is 17.3. The zero-order valence-corrected chi connectivity index (χ0v) is 16.3. The van der Waals surface area contributed by atoms with E-state index < -0.39 is 4.92 Å². The Kier molecular flexibility index (Phi) is 5.09. The van der Waals surface area contributed by atoms with Gasteiger partial charge in [0.05, 0.1) is 15.8 Å². The van der Waals surface area contributed by atoms with Crippen molar-refractivity contribution in [3.8, 4) is 5.82 Å². The number of pyridine rings is 1. The third-order valence-corrected chi connectivity index (χ3v) is 5.37. The summed E-state index contributed by atoms with van der Waals surface area (Å²) in [6.07, 6.45) is 1.65. The first-order valence-electron chi connectivity index (χ1n) is 8.84. The van der Waals surface area contributed by atoms with Crippen molar-refractivity contribution in [3.63, 3.8) is 0 Å². The highest BCUT2D eigenvalue weighted by Gasteiger charge is 2.15. The molecule has 0 spiro atoms. The van der Waals surface area contributed by atoms with E-state index in [2.05, 4.69) is 9.97 Å². The van der Waals surface area contributed by atoms with Crippen LogP contribution in [-0.2, 0) is 5.75 Å². The van der Waals surface area contributed by atoms with Gasteiger partial charge in [-0.2, -0.15) is 0 Å². The van der Waals surface area contributed by atoms with Crippen molar-refractivity contribution in [2.75, 3.05) is 0 Å². The molecule has 0 aliphatic heterocycles. The number of aryl methyl sites for hydroxylation is 1. The van der Waals surface area contributed by atoms with Crippen LogP contribution in [-0.4, -0.2) is 19.5 Å². The Morgan fingerprint density at radius 2 is 1.93 bits per heavy atom. The number of nitro benzene ring substituents is 1. The maximum absolute atomic E-state index is 13.2. The topological polar surface area (TPSA) is 90.9 Å².